The molecule has 0 radical (unpaired) electrons. The van der Waals surface area contributed by atoms with E-state index in [0.717, 1.165) is 46.5 Å². The second kappa shape index (κ2) is 9.34. The molecule has 0 saturated carbocycles. The zero-order chi connectivity index (χ0) is 23.8. The number of hydrazine groups is 1. The van der Waals surface area contributed by atoms with Crippen molar-refractivity contribution in [3.8, 4) is 0 Å². The van der Waals surface area contributed by atoms with Crippen molar-refractivity contribution >= 4 is 50.8 Å². The Kier molecular flexibility index (Phi) is 6.26. The molecule has 1 atom stereocenters. The van der Waals surface area contributed by atoms with Crippen molar-refractivity contribution in [2.24, 2.45) is 5.92 Å². The molecule has 2 N–H and O–H groups in total. The fourth-order valence-corrected chi connectivity index (χ4v) is 6.43. The average Bonchev–Trinajstić information content (AvgIpc) is 3.41. The van der Waals surface area contributed by atoms with Crippen molar-refractivity contribution in [3.63, 3.8) is 0 Å². The Morgan fingerprint density at radius 2 is 2.00 bits per heavy atom. The highest BCUT2D eigenvalue weighted by molar-refractivity contribution is 7.99. The summed E-state index contributed by atoms with van der Waals surface area (Å²) in [6, 6.07) is 7.14. The van der Waals surface area contributed by atoms with Crippen LogP contribution in [0.1, 0.15) is 52.5 Å². The van der Waals surface area contributed by atoms with E-state index < -0.39 is 0 Å². The van der Waals surface area contributed by atoms with Crippen LogP contribution < -0.4 is 10.9 Å². The molecule has 3 aromatic heterocycles. The SMILES string of the molecule is CCc1nc2sc3c(c2c2nnc(SCC(=O)NNC(=O)c4ccc(C)cc4)n12)CC[C@H](C)C3. The van der Waals surface area contributed by atoms with Crippen LogP contribution in [0.15, 0.2) is 29.4 Å². The van der Waals surface area contributed by atoms with Crippen LogP contribution in [0.2, 0.25) is 0 Å². The van der Waals surface area contributed by atoms with E-state index in [0.29, 0.717) is 16.6 Å². The lowest BCUT2D eigenvalue weighted by Crippen LogP contribution is -2.42. The Morgan fingerprint density at radius 3 is 2.76 bits per heavy atom. The molecule has 2 amide bonds. The molecule has 0 aliphatic heterocycles. The number of thioether (sulfide) groups is 1. The minimum atomic E-state index is -0.359. The third-order valence-corrected chi connectivity index (χ3v) is 8.19. The molecule has 34 heavy (non-hydrogen) atoms. The average molecular weight is 495 g/mol. The van der Waals surface area contributed by atoms with Crippen LogP contribution in [0, 0.1) is 12.8 Å². The van der Waals surface area contributed by atoms with Crippen molar-refractivity contribution in [2.75, 3.05) is 5.75 Å². The van der Waals surface area contributed by atoms with Gasteiger partial charge in [0.2, 0.25) is 5.91 Å². The third-order valence-electron chi connectivity index (χ3n) is 6.12. The van der Waals surface area contributed by atoms with Gasteiger partial charge in [0.15, 0.2) is 10.8 Å². The highest BCUT2D eigenvalue weighted by atomic mass is 32.2. The smallest absolute Gasteiger partial charge is 0.269 e. The number of hydrogen-bond acceptors (Lipinski definition) is 7. The Balaban J connectivity index is 1.33. The molecule has 1 aliphatic rings. The van der Waals surface area contributed by atoms with Crippen LogP contribution in [-0.4, -0.2) is 37.1 Å². The van der Waals surface area contributed by atoms with Crippen LogP contribution in [0.3, 0.4) is 0 Å². The topological polar surface area (TPSA) is 101 Å². The Morgan fingerprint density at radius 1 is 1.21 bits per heavy atom. The van der Waals surface area contributed by atoms with Gasteiger partial charge in [-0.25, -0.2) is 4.98 Å². The number of fused-ring (bicyclic) bond motifs is 5. The van der Waals surface area contributed by atoms with E-state index >= 15 is 0 Å². The van der Waals surface area contributed by atoms with E-state index in [4.69, 9.17) is 4.98 Å². The van der Waals surface area contributed by atoms with Crippen molar-refractivity contribution in [2.45, 2.75) is 51.6 Å². The number of nitrogens with zero attached hydrogens (tertiary/aromatic N) is 4. The van der Waals surface area contributed by atoms with Crippen LogP contribution >= 0.6 is 23.1 Å². The highest BCUT2D eigenvalue weighted by Gasteiger charge is 2.25. The predicted molar refractivity (Wildman–Crippen MR) is 134 cm³/mol. The van der Waals surface area contributed by atoms with Gasteiger partial charge in [-0.1, -0.05) is 43.3 Å². The maximum atomic E-state index is 12.4. The number of rotatable bonds is 5. The van der Waals surface area contributed by atoms with Crippen molar-refractivity contribution in [3.05, 3.63) is 51.7 Å². The molecule has 8 nitrogen and oxygen atoms in total. The molecular weight excluding hydrogens is 468 g/mol. The predicted octanol–water partition coefficient (Wildman–Crippen LogP) is 3.89. The van der Waals surface area contributed by atoms with Crippen LogP contribution in [-0.2, 0) is 24.1 Å². The summed E-state index contributed by atoms with van der Waals surface area (Å²) in [4.78, 5) is 32.0. The number of thiophene rings is 1. The minimum absolute atomic E-state index is 0.0927. The second-order valence-electron chi connectivity index (χ2n) is 8.71. The van der Waals surface area contributed by atoms with E-state index in [9.17, 15) is 9.59 Å². The monoisotopic (exact) mass is 494 g/mol. The number of carbonyl (C=O) groups excluding carboxylic acids is 2. The lowest BCUT2D eigenvalue weighted by Gasteiger charge is -2.17. The minimum Gasteiger partial charge on any atom is -0.272 e. The standard InChI is InChI=1S/C24H26N6O2S2/c1-4-18-25-23-20(16-10-7-14(3)11-17(16)34-23)21-27-29-24(30(18)21)33-12-19(31)26-28-22(32)15-8-5-13(2)6-9-15/h5-6,8-9,14H,4,7,10-12H2,1-3H3,(H,26,31)(H,28,32)/t14-/m0/s1. The summed E-state index contributed by atoms with van der Waals surface area (Å²) in [6.45, 7) is 6.31. The fourth-order valence-electron chi connectivity index (χ4n) is 4.28. The van der Waals surface area contributed by atoms with E-state index in [-0.39, 0.29) is 17.6 Å². The van der Waals surface area contributed by atoms with Gasteiger partial charge in [0.1, 0.15) is 10.7 Å². The number of amides is 2. The molecular formula is C24H26N6O2S2. The van der Waals surface area contributed by atoms with Crippen molar-refractivity contribution in [1.29, 1.82) is 0 Å². The van der Waals surface area contributed by atoms with Crippen molar-refractivity contribution < 1.29 is 9.59 Å². The van der Waals surface area contributed by atoms with Gasteiger partial charge in [-0.3, -0.25) is 24.8 Å². The summed E-state index contributed by atoms with van der Waals surface area (Å²) in [7, 11) is 0. The van der Waals surface area contributed by atoms with E-state index in [1.807, 2.05) is 23.5 Å². The lowest BCUT2D eigenvalue weighted by atomic mass is 9.89. The van der Waals surface area contributed by atoms with Gasteiger partial charge in [-0.05, 0) is 49.8 Å². The largest absolute Gasteiger partial charge is 0.272 e. The molecule has 176 valence electrons. The molecule has 0 unspecified atom stereocenters. The lowest BCUT2D eigenvalue weighted by molar-refractivity contribution is -0.119. The number of hydrogen-bond donors (Lipinski definition) is 2. The number of aromatic nitrogens is 4. The van der Waals surface area contributed by atoms with Crippen molar-refractivity contribution in [1.82, 2.24) is 30.4 Å². The zero-order valence-electron chi connectivity index (χ0n) is 19.3. The van der Waals surface area contributed by atoms with Gasteiger partial charge in [-0.15, -0.1) is 21.5 Å². The van der Waals surface area contributed by atoms with Crippen LogP contribution in [0.5, 0.6) is 0 Å². The van der Waals surface area contributed by atoms with Gasteiger partial charge in [0.25, 0.3) is 5.91 Å². The van der Waals surface area contributed by atoms with E-state index in [2.05, 4.69) is 34.9 Å². The van der Waals surface area contributed by atoms with Gasteiger partial charge in [0.05, 0.1) is 11.1 Å². The Bertz CT molecular complexity index is 1390. The summed E-state index contributed by atoms with van der Waals surface area (Å²) in [6.07, 6.45) is 4.03. The normalized spacial score (nSPS) is 15.4. The molecule has 0 fully saturated rings. The third kappa shape index (κ3) is 4.27. The van der Waals surface area contributed by atoms with Crippen LogP contribution in [0.4, 0.5) is 0 Å². The summed E-state index contributed by atoms with van der Waals surface area (Å²) in [5.74, 6) is 0.986. The van der Waals surface area contributed by atoms with Crippen LogP contribution in [0.25, 0.3) is 15.9 Å². The number of nitrogens with one attached hydrogen (secondary N) is 2. The van der Waals surface area contributed by atoms with Gasteiger partial charge in [-0.2, -0.15) is 0 Å². The molecule has 0 saturated heterocycles. The molecule has 4 aromatic rings. The molecule has 1 aliphatic carbocycles. The molecule has 3 heterocycles. The maximum absolute atomic E-state index is 12.4. The molecule has 1 aromatic carbocycles. The van der Waals surface area contributed by atoms with Gasteiger partial charge in [0, 0.05) is 16.9 Å². The fraction of sp³-hybridized carbons (Fsp3) is 0.375. The quantitative estimate of drug-likeness (QED) is 0.322. The number of benzene rings is 1. The highest BCUT2D eigenvalue weighted by Crippen LogP contribution is 2.39. The first-order chi connectivity index (χ1) is 16.4. The summed E-state index contributed by atoms with van der Waals surface area (Å²) < 4.78 is 1.98. The molecule has 5 rings (SSSR count). The summed E-state index contributed by atoms with van der Waals surface area (Å²) >= 11 is 3.06. The number of carbonyl (C=O) groups is 2. The summed E-state index contributed by atoms with van der Waals surface area (Å²) in [5.41, 5.74) is 8.67. The first-order valence-corrected chi connectivity index (χ1v) is 13.2. The molecule has 0 spiro atoms. The number of aryl methyl sites for hydroxylation is 3. The van der Waals surface area contributed by atoms with Gasteiger partial charge >= 0.3 is 0 Å². The zero-order valence-corrected chi connectivity index (χ0v) is 21.0. The summed E-state index contributed by atoms with van der Waals surface area (Å²) in [5, 5.41) is 10.6. The van der Waals surface area contributed by atoms with E-state index in [1.165, 1.54) is 28.6 Å². The molecule has 0 bridgehead atoms. The first-order valence-electron chi connectivity index (χ1n) is 11.4. The second-order valence-corrected chi connectivity index (χ2v) is 10.7. The maximum Gasteiger partial charge on any atom is 0.269 e. The Labute approximate surface area is 205 Å². The van der Waals surface area contributed by atoms with E-state index in [1.54, 1.807) is 23.5 Å². The van der Waals surface area contributed by atoms with Gasteiger partial charge < -0.3 is 0 Å². The Hall–Kier alpha value is -2.98. The first kappa shape index (κ1) is 22.8. The molecule has 10 heteroatoms.